The zero-order valence-corrected chi connectivity index (χ0v) is 11.9. The molecule has 3 atom stereocenters. The Labute approximate surface area is 119 Å². The predicted molar refractivity (Wildman–Crippen MR) is 79.0 cm³/mol. The first kappa shape index (κ1) is 12.0. The number of hydrogen-bond donors (Lipinski definition) is 1. The second-order valence-electron chi connectivity index (χ2n) is 6.63. The quantitative estimate of drug-likeness (QED) is 0.860. The monoisotopic (exact) mass is 265 g/mol. The van der Waals surface area contributed by atoms with Gasteiger partial charge < -0.3 is 5.73 Å². The smallest absolute Gasteiger partial charge is 0.0890 e. The van der Waals surface area contributed by atoms with Gasteiger partial charge in [0.25, 0.3) is 0 Å². The van der Waals surface area contributed by atoms with E-state index in [2.05, 4.69) is 31.0 Å². The molecule has 0 saturated heterocycles. The molecule has 0 unspecified atom stereocenters. The maximum Gasteiger partial charge on any atom is 0.0890 e. The fraction of sp³-hybridized carbons (Fsp3) is 0.412. The molecule has 1 saturated carbocycles. The zero-order valence-electron chi connectivity index (χ0n) is 11.9. The van der Waals surface area contributed by atoms with Crippen LogP contribution in [0.4, 0.5) is 0 Å². The molecular formula is C17H19N3. The highest BCUT2D eigenvalue weighted by atomic mass is 14.9. The summed E-state index contributed by atoms with van der Waals surface area (Å²) in [5, 5.41) is 0. The lowest BCUT2D eigenvalue weighted by molar-refractivity contribution is -0.00592. The number of nitrogens with two attached hydrogens (primary N) is 1. The van der Waals surface area contributed by atoms with Crippen LogP contribution in [0.15, 0.2) is 36.5 Å². The van der Waals surface area contributed by atoms with Crippen molar-refractivity contribution in [2.24, 2.45) is 17.1 Å². The summed E-state index contributed by atoms with van der Waals surface area (Å²) in [6.45, 7) is 4.67. The van der Waals surface area contributed by atoms with Gasteiger partial charge in [0.05, 0.1) is 23.1 Å². The van der Waals surface area contributed by atoms with Crippen molar-refractivity contribution < 1.29 is 0 Å². The Morgan fingerprint density at radius 3 is 2.70 bits per heavy atom. The molecule has 0 spiro atoms. The Hall–Kier alpha value is -1.74. The Morgan fingerprint density at radius 1 is 1.15 bits per heavy atom. The number of nitrogens with zero attached hydrogens (tertiary/aromatic N) is 2. The highest BCUT2D eigenvalue weighted by Crippen LogP contribution is 2.64. The van der Waals surface area contributed by atoms with Gasteiger partial charge in [-0.15, -0.1) is 0 Å². The van der Waals surface area contributed by atoms with Crippen LogP contribution in [0.1, 0.15) is 43.5 Å². The minimum absolute atomic E-state index is 0.0636. The average molecular weight is 265 g/mol. The largest absolute Gasteiger partial charge is 0.322 e. The van der Waals surface area contributed by atoms with Crippen LogP contribution in [0, 0.1) is 11.3 Å². The van der Waals surface area contributed by atoms with Gasteiger partial charge in [0.15, 0.2) is 0 Å². The summed E-state index contributed by atoms with van der Waals surface area (Å²) in [7, 11) is 0. The topological polar surface area (TPSA) is 51.8 Å². The van der Waals surface area contributed by atoms with Crippen LogP contribution in [-0.2, 0) is 0 Å². The number of aromatic nitrogens is 2. The van der Waals surface area contributed by atoms with Gasteiger partial charge in [-0.05, 0) is 47.4 Å². The van der Waals surface area contributed by atoms with Gasteiger partial charge in [-0.2, -0.15) is 0 Å². The molecule has 3 heteroatoms. The van der Waals surface area contributed by atoms with Crippen molar-refractivity contribution in [3.63, 3.8) is 0 Å². The summed E-state index contributed by atoms with van der Waals surface area (Å²) in [5.74, 6) is 1.18. The summed E-state index contributed by atoms with van der Waals surface area (Å²) in [6, 6.07) is 10.3. The number of rotatable bonds is 1. The molecule has 3 aliphatic carbocycles. The maximum atomic E-state index is 6.47. The standard InChI is InChI=1S/C17H19N3/c1-17(2)11-9-12(17)15(18)16-10(11)6-7-14(20-16)13-5-3-4-8-19-13/h3-8,11-12,15H,9,18H2,1-2H3/t11-,12+,15+/m1/s1. The van der Waals surface area contributed by atoms with Gasteiger partial charge in [0.1, 0.15) is 0 Å². The zero-order chi connectivity index (χ0) is 13.9. The van der Waals surface area contributed by atoms with E-state index in [1.165, 1.54) is 12.0 Å². The third-order valence-corrected chi connectivity index (χ3v) is 5.35. The molecule has 2 heterocycles. The van der Waals surface area contributed by atoms with Gasteiger partial charge in [0, 0.05) is 6.20 Å². The van der Waals surface area contributed by atoms with Crippen LogP contribution in [-0.4, -0.2) is 9.97 Å². The first-order chi connectivity index (χ1) is 9.59. The number of pyridine rings is 2. The molecule has 0 aromatic carbocycles. The van der Waals surface area contributed by atoms with Crippen molar-refractivity contribution in [1.82, 2.24) is 9.97 Å². The average Bonchev–Trinajstić information content (AvgIpc) is 2.47. The van der Waals surface area contributed by atoms with E-state index < -0.39 is 0 Å². The lowest BCUT2D eigenvalue weighted by Gasteiger charge is -2.59. The van der Waals surface area contributed by atoms with Crippen LogP contribution >= 0.6 is 0 Å². The third-order valence-electron chi connectivity index (χ3n) is 5.35. The molecule has 1 fully saturated rings. The molecular weight excluding hydrogens is 246 g/mol. The van der Waals surface area contributed by atoms with Crippen LogP contribution in [0.5, 0.6) is 0 Å². The van der Waals surface area contributed by atoms with Crippen molar-refractivity contribution in [3.8, 4) is 11.4 Å². The van der Waals surface area contributed by atoms with Crippen molar-refractivity contribution >= 4 is 0 Å². The SMILES string of the molecule is CC1(C)[C@@H]2C[C@H]1[C@H](N)c1nc(-c3ccccn3)ccc12. The fourth-order valence-corrected chi connectivity index (χ4v) is 3.99. The van der Waals surface area contributed by atoms with E-state index in [1.807, 2.05) is 18.2 Å². The third kappa shape index (κ3) is 1.44. The van der Waals surface area contributed by atoms with Crippen LogP contribution < -0.4 is 5.73 Å². The van der Waals surface area contributed by atoms with Crippen LogP contribution in [0.25, 0.3) is 11.4 Å². The summed E-state index contributed by atoms with van der Waals surface area (Å²) < 4.78 is 0. The second kappa shape index (κ2) is 3.89. The van der Waals surface area contributed by atoms with Gasteiger partial charge in [-0.1, -0.05) is 26.0 Å². The Bertz CT molecular complexity index is 663. The lowest BCUT2D eigenvalue weighted by Crippen LogP contribution is -2.52. The molecule has 5 rings (SSSR count). The summed E-state index contributed by atoms with van der Waals surface area (Å²) in [6.07, 6.45) is 3.02. The minimum atomic E-state index is 0.0636. The molecule has 0 radical (unpaired) electrons. The van der Waals surface area contributed by atoms with Crippen molar-refractivity contribution in [2.75, 3.05) is 0 Å². The molecule has 2 N–H and O–H groups in total. The molecule has 0 amide bonds. The van der Waals surface area contributed by atoms with E-state index in [1.54, 1.807) is 6.20 Å². The minimum Gasteiger partial charge on any atom is -0.322 e. The highest BCUT2D eigenvalue weighted by molar-refractivity contribution is 5.56. The van der Waals surface area contributed by atoms with E-state index in [0.29, 0.717) is 17.3 Å². The first-order valence-corrected chi connectivity index (χ1v) is 7.27. The van der Waals surface area contributed by atoms with E-state index in [0.717, 1.165) is 17.1 Å². The summed E-state index contributed by atoms with van der Waals surface area (Å²) in [5.41, 5.74) is 11.1. The lowest BCUT2D eigenvalue weighted by atomic mass is 9.46. The van der Waals surface area contributed by atoms with E-state index in [4.69, 9.17) is 10.7 Å². The van der Waals surface area contributed by atoms with Gasteiger partial charge >= 0.3 is 0 Å². The fourth-order valence-electron chi connectivity index (χ4n) is 3.99. The van der Waals surface area contributed by atoms with Crippen LogP contribution in [0.3, 0.4) is 0 Å². The van der Waals surface area contributed by atoms with E-state index >= 15 is 0 Å². The summed E-state index contributed by atoms with van der Waals surface area (Å²) >= 11 is 0. The predicted octanol–water partition coefficient (Wildman–Crippen LogP) is 3.29. The first-order valence-electron chi connectivity index (χ1n) is 7.27. The Balaban J connectivity index is 1.82. The Kier molecular flexibility index (Phi) is 2.34. The summed E-state index contributed by atoms with van der Waals surface area (Å²) in [4.78, 5) is 9.20. The van der Waals surface area contributed by atoms with Gasteiger partial charge in [-0.3, -0.25) is 4.98 Å². The van der Waals surface area contributed by atoms with Gasteiger partial charge in [-0.25, -0.2) is 4.98 Å². The molecule has 3 aliphatic rings. The number of hydrogen-bond acceptors (Lipinski definition) is 3. The molecule has 3 nitrogen and oxygen atoms in total. The molecule has 102 valence electrons. The Morgan fingerprint density at radius 2 is 2.00 bits per heavy atom. The van der Waals surface area contributed by atoms with E-state index in [-0.39, 0.29) is 6.04 Å². The van der Waals surface area contributed by atoms with Gasteiger partial charge in [0.2, 0.25) is 0 Å². The van der Waals surface area contributed by atoms with Crippen molar-refractivity contribution in [1.29, 1.82) is 0 Å². The molecule has 2 aromatic rings. The second-order valence-corrected chi connectivity index (χ2v) is 6.63. The van der Waals surface area contributed by atoms with E-state index in [9.17, 15) is 0 Å². The molecule has 2 bridgehead atoms. The molecule has 0 aliphatic heterocycles. The van der Waals surface area contributed by atoms with Crippen molar-refractivity contribution in [2.45, 2.75) is 32.2 Å². The maximum absolute atomic E-state index is 6.47. The normalized spacial score (nSPS) is 29.4. The molecule has 2 aromatic heterocycles. The molecule has 20 heavy (non-hydrogen) atoms. The van der Waals surface area contributed by atoms with Crippen LogP contribution in [0.2, 0.25) is 0 Å². The highest BCUT2D eigenvalue weighted by Gasteiger charge is 2.56. The van der Waals surface area contributed by atoms with Crippen molar-refractivity contribution in [3.05, 3.63) is 47.8 Å².